The van der Waals surface area contributed by atoms with E-state index in [-0.39, 0.29) is 0 Å². The van der Waals surface area contributed by atoms with Crippen molar-refractivity contribution in [3.63, 3.8) is 0 Å². The summed E-state index contributed by atoms with van der Waals surface area (Å²) in [5, 5.41) is 0. The van der Waals surface area contributed by atoms with Gasteiger partial charge in [-0.05, 0) is 5.92 Å². The highest BCUT2D eigenvalue weighted by Gasteiger charge is 1.80. The molecule has 0 unspecified atom stereocenters. The molecule has 0 aromatic heterocycles. The molecule has 0 nitrogen and oxygen atoms in total. The molecule has 0 rings (SSSR count). The van der Waals surface area contributed by atoms with E-state index in [1.807, 2.05) is 0 Å². The molecule has 0 heteroatoms. The lowest BCUT2D eigenvalue weighted by molar-refractivity contribution is 0.626. The number of hydrogen-bond acceptors (Lipinski definition) is 0. The SMILES string of the molecule is CCC(C)C.CCCC.CCCCC. The van der Waals surface area contributed by atoms with Crippen LogP contribution in [0.4, 0.5) is 0 Å². The molecule has 0 bridgehead atoms. The molecule has 90 valence electrons. The van der Waals surface area contributed by atoms with Crippen molar-refractivity contribution in [3.8, 4) is 0 Å². The highest BCUT2D eigenvalue weighted by Crippen LogP contribution is 1.93. The van der Waals surface area contributed by atoms with Gasteiger partial charge in [0.1, 0.15) is 0 Å². The number of hydrogen-bond donors (Lipinski definition) is 0. The van der Waals surface area contributed by atoms with Crippen molar-refractivity contribution in [2.75, 3.05) is 0 Å². The second-order valence-corrected chi connectivity index (χ2v) is 4.16. The zero-order valence-corrected chi connectivity index (χ0v) is 11.8. The second-order valence-electron chi connectivity index (χ2n) is 4.16. The van der Waals surface area contributed by atoms with Crippen molar-refractivity contribution in [1.82, 2.24) is 0 Å². The summed E-state index contributed by atoms with van der Waals surface area (Å²) < 4.78 is 0. The van der Waals surface area contributed by atoms with Gasteiger partial charge in [0.2, 0.25) is 0 Å². The lowest BCUT2D eigenvalue weighted by Gasteiger charge is -1.90. The molecule has 0 fully saturated rings. The molecule has 0 aliphatic heterocycles. The van der Waals surface area contributed by atoms with Crippen LogP contribution in [0.2, 0.25) is 0 Å². The summed E-state index contributed by atoms with van der Waals surface area (Å²) in [6, 6.07) is 0. The summed E-state index contributed by atoms with van der Waals surface area (Å²) >= 11 is 0. The van der Waals surface area contributed by atoms with Gasteiger partial charge in [-0.15, -0.1) is 0 Å². The Labute approximate surface area is 93.5 Å². The number of unbranched alkanes of at least 4 members (excludes halogenated alkanes) is 3. The molecule has 14 heavy (non-hydrogen) atoms. The first-order valence-corrected chi connectivity index (χ1v) is 6.60. The lowest BCUT2D eigenvalue weighted by atomic mass is 10.2. The van der Waals surface area contributed by atoms with Crippen molar-refractivity contribution < 1.29 is 0 Å². The van der Waals surface area contributed by atoms with Crippen molar-refractivity contribution in [2.24, 2.45) is 5.92 Å². The van der Waals surface area contributed by atoms with Gasteiger partial charge in [-0.25, -0.2) is 0 Å². The average molecular weight is 202 g/mol. The summed E-state index contributed by atoms with van der Waals surface area (Å²) in [7, 11) is 0. The Bertz CT molecular complexity index is 51.1. The lowest BCUT2D eigenvalue weighted by Crippen LogP contribution is -1.77. The van der Waals surface area contributed by atoms with E-state index in [0.717, 1.165) is 5.92 Å². The van der Waals surface area contributed by atoms with Crippen LogP contribution >= 0.6 is 0 Å². The van der Waals surface area contributed by atoms with Gasteiger partial charge in [0, 0.05) is 0 Å². The molecule has 0 aromatic rings. The fourth-order valence-corrected chi connectivity index (χ4v) is 0.354. The van der Waals surface area contributed by atoms with Crippen LogP contribution < -0.4 is 0 Å². The first-order chi connectivity index (χ1) is 6.60. The molecule has 0 aliphatic rings. The van der Waals surface area contributed by atoms with E-state index in [4.69, 9.17) is 0 Å². The monoisotopic (exact) mass is 202 g/mol. The minimum Gasteiger partial charge on any atom is -0.0654 e. The predicted molar refractivity (Wildman–Crippen MR) is 70.9 cm³/mol. The summed E-state index contributed by atoms with van der Waals surface area (Å²) in [6.07, 6.45) is 8.02. The van der Waals surface area contributed by atoms with Gasteiger partial charge in [0.15, 0.2) is 0 Å². The van der Waals surface area contributed by atoms with E-state index in [2.05, 4.69) is 48.5 Å². The molecule has 0 radical (unpaired) electrons. The summed E-state index contributed by atoms with van der Waals surface area (Å²) in [4.78, 5) is 0. The van der Waals surface area contributed by atoms with Gasteiger partial charge in [-0.2, -0.15) is 0 Å². The molecule has 0 N–H and O–H groups in total. The standard InChI is InChI=1S/2C5H12.C4H10/c1-4-5(2)3;1-3-5-4-2;1-3-4-2/h5H,4H2,1-3H3;3-5H2,1-2H3;3-4H2,1-2H3. The minimum absolute atomic E-state index is 0.884. The van der Waals surface area contributed by atoms with Crippen LogP contribution in [0, 0.1) is 5.92 Å². The molecule has 0 spiro atoms. The maximum Gasteiger partial charge on any atom is -0.0474 e. The molecule has 0 atom stereocenters. The molecule has 0 aliphatic carbocycles. The second kappa shape index (κ2) is 23.1. The van der Waals surface area contributed by atoms with E-state index in [1.54, 1.807) is 0 Å². The molecule has 0 amide bonds. The van der Waals surface area contributed by atoms with Crippen molar-refractivity contribution in [2.45, 2.75) is 87.0 Å². The maximum absolute atomic E-state index is 2.22. The summed E-state index contributed by atoms with van der Waals surface area (Å²) in [6.45, 7) is 15.4. The van der Waals surface area contributed by atoms with Crippen LogP contribution in [0.15, 0.2) is 0 Å². The Hall–Kier alpha value is 0. The van der Waals surface area contributed by atoms with Gasteiger partial charge in [0.05, 0.1) is 0 Å². The molecular weight excluding hydrogens is 168 g/mol. The Morgan fingerprint density at radius 2 is 0.929 bits per heavy atom. The number of rotatable bonds is 4. The third-order valence-electron chi connectivity index (χ3n) is 2.02. The van der Waals surface area contributed by atoms with E-state index in [1.165, 1.54) is 38.5 Å². The van der Waals surface area contributed by atoms with Gasteiger partial charge in [-0.1, -0.05) is 87.0 Å². The van der Waals surface area contributed by atoms with E-state index in [0.29, 0.717) is 0 Å². The first kappa shape index (κ1) is 19.6. The third kappa shape index (κ3) is 58.1. The fourth-order valence-electron chi connectivity index (χ4n) is 0.354. The smallest absolute Gasteiger partial charge is 0.0474 e. The Morgan fingerprint density at radius 1 is 0.643 bits per heavy atom. The van der Waals surface area contributed by atoms with Crippen molar-refractivity contribution in [1.29, 1.82) is 0 Å². The normalized spacial score (nSPS) is 8.57. The molecule has 0 heterocycles. The highest BCUT2D eigenvalue weighted by atomic mass is 13.9. The van der Waals surface area contributed by atoms with E-state index in [9.17, 15) is 0 Å². The van der Waals surface area contributed by atoms with Gasteiger partial charge >= 0.3 is 0 Å². The zero-order valence-electron chi connectivity index (χ0n) is 11.8. The quantitative estimate of drug-likeness (QED) is 0.520. The molecule has 0 saturated carbocycles. The summed E-state index contributed by atoms with van der Waals surface area (Å²) in [5.41, 5.74) is 0. The van der Waals surface area contributed by atoms with E-state index >= 15 is 0 Å². The Morgan fingerprint density at radius 3 is 0.929 bits per heavy atom. The van der Waals surface area contributed by atoms with Crippen LogP contribution in [0.25, 0.3) is 0 Å². The first-order valence-electron chi connectivity index (χ1n) is 6.60. The van der Waals surface area contributed by atoms with Gasteiger partial charge in [-0.3, -0.25) is 0 Å². The largest absolute Gasteiger partial charge is 0.0654 e. The minimum atomic E-state index is 0.884. The van der Waals surface area contributed by atoms with Crippen LogP contribution in [-0.4, -0.2) is 0 Å². The van der Waals surface area contributed by atoms with Crippen LogP contribution in [-0.2, 0) is 0 Å². The van der Waals surface area contributed by atoms with Crippen LogP contribution in [0.1, 0.15) is 87.0 Å². The average Bonchev–Trinajstić information content (AvgIpc) is 2.20. The van der Waals surface area contributed by atoms with E-state index < -0.39 is 0 Å². The van der Waals surface area contributed by atoms with Crippen LogP contribution in [0.5, 0.6) is 0 Å². The van der Waals surface area contributed by atoms with Gasteiger partial charge < -0.3 is 0 Å². The predicted octanol–water partition coefficient (Wildman–Crippen LogP) is 6.06. The highest BCUT2D eigenvalue weighted by molar-refractivity contribution is 4.32. The summed E-state index contributed by atoms with van der Waals surface area (Å²) in [5.74, 6) is 0.884. The topological polar surface area (TPSA) is 0 Å². The Balaban J connectivity index is -0.000000131. The molecule has 0 aromatic carbocycles. The maximum atomic E-state index is 2.22. The fraction of sp³-hybridized carbons (Fsp3) is 1.00. The van der Waals surface area contributed by atoms with Gasteiger partial charge in [0.25, 0.3) is 0 Å². The van der Waals surface area contributed by atoms with Crippen molar-refractivity contribution in [3.05, 3.63) is 0 Å². The zero-order chi connectivity index (χ0) is 11.8. The van der Waals surface area contributed by atoms with Crippen molar-refractivity contribution >= 4 is 0 Å². The third-order valence-corrected chi connectivity index (χ3v) is 2.02. The molecule has 0 saturated heterocycles. The van der Waals surface area contributed by atoms with Crippen LogP contribution in [0.3, 0.4) is 0 Å². The molecular formula is C14H34. The Kier molecular flexibility index (Phi) is 32.3.